The van der Waals surface area contributed by atoms with Crippen molar-refractivity contribution in [2.24, 2.45) is 0 Å². The third-order valence-corrected chi connectivity index (χ3v) is 5.34. The van der Waals surface area contributed by atoms with Gasteiger partial charge in [-0.05, 0) is 65.1 Å². The first kappa shape index (κ1) is 14.7. The van der Waals surface area contributed by atoms with Crippen LogP contribution in [0, 0.1) is 0 Å². The standard InChI is InChI=1S/C22H19Br/c23-19-8-5-6-16(14-19)12-13-18-15-17-7-1-2-9-20(17)22-11-4-3-10-21(18)22/h1-11,14,18H,12-13,15H2. The lowest BCUT2D eigenvalue weighted by atomic mass is 9.76. The topological polar surface area (TPSA) is 0 Å². The molecule has 0 aliphatic heterocycles. The summed E-state index contributed by atoms with van der Waals surface area (Å²) in [5, 5.41) is 0. The summed E-state index contributed by atoms with van der Waals surface area (Å²) in [6.45, 7) is 0. The lowest BCUT2D eigenvalue weighted by Gasteiger charge is -2.28. The molecule has 1 atom stereocenters. The lowest BCUT2D eigenvalue weighted by Crippen LogP contribution is -2.12. The molecular weight excluding hydrogens is 344 g/mol. The van der Waals surface area contributed by atoms with E-state index < -0.39 is 0 Å². The Morgan fingerprint density at radius 2 is 1.61 bits per heavy atom. The van der Waals surface area contributed by atoms with Gasteiger partial charge in [-0.3, -0.25) is 0 Å². The highest BCUT2D eigenvalue weighted by Gasteiger charge is 2.23. The highest BCUT2D eigenvalue weighted by Crippen LogP contribution is 2.41. The Kier molecular flexibility index (Phi) is 4.05. The van der Waals surface area contributed by atoms with Gasteiger partial charge in [0.15, 0.2) is 0 Å². The second kappa shape index (κ2) is 6.33. The van der Waals surface area contributed by atoms with Crippen molar-refractivity contribution in [3.8, 4) is 11.1 Å². The molecule has 0 saturated carbocycles. The Labute approximate surface area is 146 Å². The zero-order valence-corrected chi connectivity index (χ0v) is 14.6. The zero-order valence-electron chi connectivity index (χ0n) is 13.0. The second-order valence-electron chi connectivity index (χ2n) is 6.31. The van der Waals surface area contributed by atoms with Crippen LogP contribution < -0.4 is 0 Å². The van der Waals surface area contributed by atoms with Crippen molar-refractivity contribution >= 4 is 15.9 Å². The summed E-state index contributed by atoms with van der Waals surface area (Å²) in [7, 11) is 0. The maximum absolute atomic E-state index is 3.58. The van der Waals surface area contributed by atoms with Crippen molar-refractivity contribution in [3.05, 3.63) is 94.0 Å². The van der Waals surface area contributed by atoms with Crippen LogP contribution in [-0.2, 0) is 12.8 Å². The molecule has 0 saturated heterocycles. The first-order valence-corrected chi connectivity index (χ1v) is 9.02. The SMILES string of the molecule is Brc1cccc(CCC2Cc3ccccc3-c3ccccc32)c1. The number of aryl methyl sites for hydroxylation is 1. The van der Waals surface area contributed by atoms with Crippen LogP contribution in [0.1, 0.15) is 29.0 Å². The number of halogens is 1. The van der Waals surface area contributed by atoms with Crippen molar-refractivity contribution in [3.63, 3.8) is 0 Å². The number of hydrogen-bond donors (Lipinski definition) is 0. The Bertz CT molecular complexity index is 835. The fourth-order valence-corrected chi connectivity index (χ4v) is 4.17. The Morgan fingerprint density at radius 1 is 0.826 bits per heavy atom. The first-order chi connectivity index (χ1) is 11.3. The smallest absolute Gasteiger partial charge is 0.0177 e. The monoisotopic (exact) mass is 362 g/mol. The van der Waals surface area contributed by atoms with E-state index in [0.29, 0.717) is 5.92 Å². The van der Waals surface area contributed by atoms with Gasteiger partial charge in [-0.1, -0.05) is 76.6 Å². The molecule has 0 spiro atoms. The average Bonchev–Trinajstić information content (AvgIpc) is 2.60. The highest BCUT2D eigenvalue weighted by molar-refractivity contribution is 9.10. The molecule has 1 unspecified atom stereocenters. The first-order valence-electron chi connectivity index (χ1n) is 8.23. The van der Waals surface area contributed by atoms with Gasteiger partial charge in [0, 0.05) is 4.47 Å². The molecule has 0 N–H and O–H groups in total. The molecule has 3 aromatic rings. The minimum atomic E-state index is 0.611. The largest absolute Gasteiger partial charge is 0.0620 e. The van der Waals surface area contributed by atoms with Crippen LogP contribution in [0.25, 0.3) is 11.1 Å². The van der Waals surface area contributed by atoms with Gasteiger partial charge in [-0.25, -0.2) is 0 Å². The molecule has 23 heavy (non-hydrogen) atoms. The van der Waals surface area contributed by atoms with E-state index in [9.17, 15) is 0 Å². The van der Waals surface area contributed by atoms with Gasteiger partial charge in [-0.15, -0.1) is 0 Å². The molecule has 114 valence electrons. The summed E-state index contributed by atoms with van der Waals surface area (Å²) in [5.41, 5.74) is 7.26. The molecule has 0 aromatic heterocycles. The Hall–Kier alpha value is -1.86. The predicted molar refractivity (Wildman–Crippen MR) is 101 cm³/mol. The van der Waals surface area contributed by atoms with E-state index in [4.69, 9.17) is 0 Å². The van der Waals surface area contributed by atoms with E-state index in [1.54, 1.807) is 0 Å². The zero-order chi connectivity index (χ0) is 15.6. The molecule has 1 heteroatoms. The molecular formula is C22H19Br. The minimum Gasteiger partial charge on any atom is -0.0620 e. The molecule has 0 amide bonds. The molecule has 3 aromatic carbocycles. The molecule has 1 aliphatic rings. The third-order valence-electron chi connectivity index (χ3n) is 4.84. The maximum atomic E-state index is 3.58. The summed E-state index contributed by atoms with van der Waals surface area (Å²) in [6, 6.07) is 26.5. The van der Waals surface area contributed by atoms with Crippen LogP contribution in [-0.4, -0.2) is 0 Å². The summed E-state index contributed by atoms with van der Waals surface area (Å²) in [5.74, 6) is 0.611. The fraction of sp³-hybridized carbons (Fsp3) is 0.182. The van der Waals surface area contributed by atoms with Gasteiger partial charge in [0.1, 0.15) is 0 Å². The normalized spacial score (nSPS) is 15.8. The van der Waals surface area contributed by atoms with E-state index in [0.717, 1.165) is 12.8 Å². The highest BCUT2D eigenvalue weighted by atomic mass is 79.9. The fourth-order valence-electron chi connectivity index (χ4n) is 3.73. The van der Waals surface area contributed by atoms with Crippen LogP contribution in [0.15, 0.2) is 77.3 Å². The van der Waals surface area contributed by atoms with E-state index in [-0.39, 0.29) is 0 Å². The predicted octanol–water partition coefficient (Wildman–Crippen LogP) is 6.39. The number of fused-ring (bicyclic) bond motifs is 3. The van der Waals surface area contributed by atoms with Gasteiger partial charge in [-0.2, -0.15) is 0 Å². The molecule has 1 aliphatic carbocycles. The van der Waals surface area contributed by atoms with Gasteiger partial charge in [0.05, 0.1) is 0 Å². The summed E-state index contributed by atoms with van der Waals surface area (Å²) in [4.78, 5) is 0. The molecule has 0 radical (unpaired) electrons. The van der Waals surface area contributed by atoms with Gasteiger partial charge in [0.2, 0.25) is 0 Å². The van der Waals surface area contributed by atoms with Crippen LogP contribution in [0.3, 0.4) is 0 Å². The van der Waals surface area contributed by atoms with Crippen LogP contribution in [0.4, 0.5) is 0 Å². The molecule has 0 heterocycles. The van der Waals surface area contributed by atoms with Gasteiger partial charge < -0.3 is 0 Å². The van der Waals surface area contributed by atoms with Crippen LogP contribution in [0.5, 0.6) is 0 Å². The van der Waals surface area contributed by atoms with E-state index in [2.05, 4.69) is 88.7 Å². The van der Waals surface area contributed by atoms with Crippen LogP contribution in [0.2, 0.25) is 0 Å². The summed E-state index contributed by atoms with van der Waals surface area (Å²) in [6.07, 6.45) is 3.48. The molecule has 0 bridgehead atoms. The Balaban J connectivity index is 1.63. The third kappa shape index (κ3) is 2.98. The Morgan fingerprint density at radius 3 is 2.48 bits per heavy atom. The minimum absolute atomic E-state index is 0.611. The van der Waals surface area contributed by atoms with Crippen molar-refractivity contribution in [2.45, 2.75) is 25.2 Å². The van der Waals surface area contributed by atoms with Gasteiger partial charge in [0.25, 0.3) is 0 Å². The summed E-state index contributed by atoms with van der Waals surface area (Å²) >= 11 is 3.58. The number of benzene rings is 3. The van der Waals surface area contributed by atoms with Crippen molar-refractivity contribution in [2.75, 3.05) is 0 Å². The van der Waals surface area contributed by atoms with Crippen molar-refractivity contribution in [1.29, 1.82) is 0 Å². The van der Waals surface area contributed by atoms with E-state index in [1.165, 1.54) is 38.7 Å². The maximum Gasteiger partial charge on any atom is 0.0177 e. The molecule has 0 nitrogen and oxygen atoms in total. The molecule has 0 fully saturated rings. The average molecular weight is 363 g/mol. The van der Waals surface area contributed by atoms with Crippen LogP contribution >= 0.6 is 15.9 Å². The number of hydrogen-bond acceptors (Lipinski definition) is 0. The lowest BCUT2D eigenvalue weighted by molar-refractivity contribution is 0.616. The van der Waals surface area contributed by atoms with Gasteiger partial charge >= 0.3 is 0 Å². The second-order valence-corrected chi connectivity index (χ2v) is 7.23. The quantitative estimate of drug-likeness (QED) is 0.506. The van der Waals surface area contributed by atoms with E-state index in [1.807, 2.05) is 0 Å². The summed E-state index contributed by atoms with van der Waals surface area (Å²) < 4.78 is 1.17. The number of rotatable bonds is 3. The van der Waals surface area contributed by atoms with Crippen molar-refractivity contribution in [1.82, 2.24) is 0 Å². The van der Waals surface area contributed by atoms with Crippen molar-refractivity contribution < 1.29 is 0 Å². The van der Waals surface area contributed by atoms with E-state index >= 15 is 0 Å². The molecule has 4 rings (SSSR count).